The summed E-state index contributed by atoms with van der Waals surface area (Å²) >= 11 is 0. The lowest BCUT2D eigenvalue weighted by Crippen LogP contribution is -2.34. The SMILES string of the molecule is COc1cccc(N/C=c2/c(C)c(C#N)c3nc4ccccc4n3c2=O)c1. The number of nitrogens with one attached hydrogen (secondary N) is 1. The lowest BCUT2D eigenvalue weighted by Gasteiger charge is -2.05. The molecule has 6 nitrogen and oxygen atoms in total. The molecule has 0 aliphatic carbocycles. The highest BCUT2D eigenvalue weighted by Gasteiger charge is 2.15. The highest BCUT2D eigenvalue weighted by Crippen LogP contribution is 2.18. The van der Waals surface area contributed by atoms with Crippen molar-refractivity contribution in [2.75, 3.05) is 12.4 Å². The molecule has 2 aromatic heterocycles. The number of anilines is 1. The minimum absolute atomic E-state index is 0.217. The Morgan fingerprint density at radius 3 is 2.81 bits per heavy atom. The van der Waals surface area contributed by atoms with Crippen LogP contribution in [-0.4, -0.2) is 16.5 Å². The van der Waals surface area contributed by atoms with Crippen molar-refractivity contribution in [3.05, 3.63) is 75.2 Å². The van der Waals surface area contributed by atoms with Gasteiger partial charge in [0.2, 0.25) is 0 Å². The van der Waals surface area contributed by atoms with E-state index < -0.39 is 0 Å². The van der Waals surface area contributed by atoms with Crippen LogP contribution in [-0.2, 0) is 0 Å². The number of methoxy groups -OCH3 is 1. The smallest absolute Gasteiger partial charge is 0.265 e. The largest absolute Gasteiger partial charge is 0.497 e. The number of benzene rings is 2. The van der Waals surface area contributed by atoms with Gasteiger partial charge >= 0.3 is 0 Å². The molecule has 4 aromatic rings. The Hall–Kier alpha value is -3.85. The molecular weight excluding hydrogens is 340 g/mol. The average molecular weight is 356 g/mol. The van der Waals surface area contributed by atoms with E-state index >= 15 is 0 Å². The summed E-state index contributed by atoms with van der Waals surface area (Å²) in [6.45, 7) is 1.76. The van der Waals surface area contributed by atoms with Crippen LogP contribution in [0.2, 0.25) is 0 Å². The molecule has 0 aliphatic rings. The van der Waals surface area contributed by atoms with E-state index in [1.165, 1.54) is 4.40 Å². The Morgan fingerprint density at radius 1 is 1.22 bits per heavy atom. The van der Waals surface area contributed by atoms with E-state index in [0.717, 1.165) is 5.69 Å². The standard InChI is InChI=1S/C21H16N4O2/c1-13-16(11-22)20-24-18-8-3-4-9-19(18)25(20)21(26)17(13)12-23-14-6-5-7-15(10-14)27-2/h3-10,12,23H,1-2H3/b17-12-. The Morgan fingerprint density at radius 2 is 2.04 bits per heavy atom. The number of hydrogen-bond acceptors (Lipinski definition) is 5. The number of nitriles is 1. The number of fused-ring (bicyclic) bond motifs is 3. The third kappa shape index (κ3) is 2.66. The fraction of sp³-hybridized carbons (Fsp3) is 0.0952. The second kappa shape index (κ2) is 6.46. The molecule has 1 N–H and O–H groups in total. The van der Waals surface area contributed by atoms with Gasteiger partial charge in [0.15, 0.2) is 5.65 Å². The van der Waals surface area contributed by atoms with Crippen LogP contribution in [0.3, 0.4) is 0 Å². The first-order valence-electron chi connectivity index (χ1n) is 8.38. The van der Waals surface area contributed by atoms with Gasteiger partial charge in [0.05, 0.1) is 28.9 Å². The lowest BCUT2D eigenvalue weighted by molar-refractivity contribution is 0.415. The van der Waals surface area contributed by atoms with Gasteiger partial charge in [-0.25, -0.2) is 4.98 Å². The highest BCUT2D eigenvalue weighted by atomic mass is 16.5. The summed E-state index contributed by atoms with van der Waals surface area (Å²) in [7, 11) is 1.60. The molecule has 2 heterocycles. The molecule has 0 amide bonds. The maximum atomic E-state index is 13.2. The summed E-state index contributed by atoms with van der Waals surface area (Å²) in [6.07, 6.45) is 1.63. The zero-order chi connectivity index (χ0) is 19.0. The minimum atomic E-state index is -0.217. The molecular formula is C21H16N4O2. The second-order valence-electron chi connectivity index (χ2n) is 6.11. The van der Waals surface area contributed by atoms with Gasteiger partial charge < -0.3 is 10.1 Å². The second-order valence-corrected chi connectivity index (χ2v) is 6.11. The quantitative estimate of drug-likeness (QED) is 0.610. The Kier molecular flexibility index (Phi) is 3.98. The van der Waals surface area contributed by atoms with Crippen LogP contribution in [0.1, 0.15) is 11.1 Å². The van der Waals surface area contributed by atoms with E-state index in [2.05, 4.69) is 16.4 Å². The third-order valence-corrected chi connectivity index (χ3v) is 4.56. The van der Waals surface area contributed by atoms with Gasteiger partial charge in [0.1, 0.15) is 11.8 Å². The van der Waals surface area contributed by atoms with Gasteiger partial charge in [-0.05, 0) is 36.8 Å². The molecule has 0 radical (unpaired) electrons. The van der Waals surface area contributed by atoms with Gasteiger partial charge in [-0.1, -0.05) is 18.2 Å². The first kappa shape index (κ1) is 16.6. The van der Waals surface area contributed by atoms with E-state index in [1.54, 1.807) is 20.2 Å². The van der Waals surface area contributed by atoms with Crippen LogP contribution in [0.15, 0.2) is 53.3 Å². The maximum absolute atomic E-state index is 13.2. The summed E-state index contributed by atoms with van der Waals surface area (Å²) in [4.78, 5) is 17.6. The van der Waals surface area contributed by atoms with Crippen molar-refractivity contribution in [3.63, 3.8) is 0 Å². The van der Waals surface area contributed by atoms with Crippen LogP contribution in [0.25, 0.3) is 22.9 Å². The number of rotatable bonds is 3. The number of ether oxygens (including phenoxy) is 1. The summed E-state index contributed by atoms with van der Waals surface area (Å²) in [6, 6.07) is 16.9. The molecule has 0 saturated carbocycles. The molecule has 0 atom stereocenters. The predicted octanol–water partition coefficient (Wildman–Crippen LogP) is 2.61. The van der Waals surface area contributed by atoms with Gasteiger partial charge in [0, 0.05) is 18.0 Å². The van der Waals surface area contributed by atoms with Crippen LogP contribution >= 0.6 is 0 Å². The molecule has 0 bridgehead atoms. The number of para-hydroxylation sites is 2. The van der Waals surface area contributed by atoms with Crippen molar-refractivity contribution < 1.29 is 4.74 Å². The van der Waals surface area contributed by atoms with Crippen molar-refractivity contribution in [3.8, 4) is 11.8 Å². The first-order chi connectivity index (χ1) is 13.1. The van der Waals surface area contributed by atoms with Gasteiger partial charge in [0.25, 0.3) is 5.56 Å². The Balaban J connectivity index is 1.99. The Bertz CT molecular complexity index is 1330. The summed E-state index contributed by atoms with van der Waals surface area (Å²) < 4.78 is 6.72. The maximum Gasteiger partial charge on any atom is 0.265 e. The van der Waals surface area contributed by atoms with Crippen molar-refractivity contribution >= 4 is 28.6 Å². The zero-order valence-electron chi connectivity index (χ0n) is 14.9. The van der Waals surface area contributed by atoms with Crippen LogP contribution in [0.5, 0.6) is 5.75 Å². The number of pyridine rings is 1. The molecule has 0 unspecified atom stereocenters. The number of hydrogen-bond donors (Lipinski definition) is 1. The van der Waals surface area contributed by atoms with E-state index in [4.69, 9.17) is 4.74 Å². The van der Waals surface area contributed by atoms with Gasteiger partial charge in [-0.2, -0.15) is 5.26 Å². The summed E-state index contributed by atoms with van der Waals surface area (Å²) in [5.41, 5.74) is 3.31. The van der Waals surface area contributed by atoms with Crippen LogP contribution in [0.4, 0.5) is 5.69 Å². The van der Waals surface area contributed by atoms with Crippen molar-refractivity contribution in [1.82, 2.24) is 9.38 Å². The monoisotopic (exact) mass is 356 g/mol. The van der Waals surface area contributed by atoms with Crippen molar-refractivity contribution in [2.45, 2.75) is 6.92 Å². The third-order valence-electron chi connectivity index (χ3n) is 4.56. The summed E-state index contributed by atoms with van der Waals surface area (Å²) in [5.74, 6) is 0.709. The molecule has 27 heavy (non-hydrogen) atoms. The van der Waals surface area contributed by atoms with E-state index in [0.29, 0.717) is 38.8 Å². The fourth-order valence-corrected chi connectivity index (χ4v) is 3.15. The molecule has 132 valence electrons. The zero-order valence-corrected chi connectivity index (χ0v) is 14.9. The number of nitrogens with zero attached hydrogens (tertiary/aromatic N) is 3. The average Bonchev–Trinajstić information content (AvgIpc) is 3.07. The number of aromatic nitrogens is 2. The minimum Gasteiger partial charge on any atom is -0.497 e. The number of imidazole rings is 1. The van der Waals surface area contributed by atoms with Crippen molar-refractivity contribution in [1.29, 1.82) is 5.26 Å². The normalized spacial score (nSPS) is 11.7. The van der Waals surface area contributed by atoms with E-state index in [9.17, 15) is 10.1 Å². The van der Waals surface area contributed by atoms with E-state index in [-0.39, 0.29) is 5.56 Å². The van der Waals surface area contributed by atoms with Gasteiger partial charge in [-0.15, -0.1) is 0 Å². The van der Waals surface area contributed by atoms with Gasteiger partial charge in [-0.3, -0.25) is 9.20 Å². The lowest BCUT2D eigenvalue weighted by atomic mass is 10.1. The highest BCUT2D eigenvalue weighted by molar-refractivity contribution is 5.82. The first-order valence-corrected chi connectivity index (χ1v) is 8.38. The molecule has 4 rings (SSSR count). The molecule has 0 saturated heterocycles. The summed E-state index contributed by atoms with van der Waals surface area (Å²) in [5, 5.41) is 13.2. The van der Waals surface area contributed by atoms with Crippen molar-refractivity contribution in [2.24, 2.45) is 0 Å². The molecule has 2 aromatic carbocycles. The molecule has 0 aliphatic heterocycles. The molecule has 0 spiro atoms. The van der Waals surface area contributed by atoms with E-state index in [1.807, 2.05) is 48.5 Å². The topological polar surface area (TPSA) is 79.4 Å². The fourth-order valence-electron chi connectivity index (χ4n) is 3.15. The van der Waals surface area contributed by atoms with Crippen LogP contribution in [0, 0.1) is 18.3 Å². The van der Waals surface area contributed by atoms with Crippen LogP contribution < -0.4 is 20.8 Å². The predicted molar refractivity (Wildman–Crippen MR) is 105 cm³/mol. The molecule has 6 heteroatoms. The molecule has 0 fully saturated rings. The Labute approximate surface area is 154 Å².